The summed E-state index contributed by atoms with van der Waals surface area (Å²) < 4.78 is 0. The third kappa shape index (κ3) is 3.05. The lowest BCUT2D eigenvalue weighted by molar-refractivity contribution is -0.126. The van der Waals surface area contributed by atoms with Crippen LogP contribution in [0.5, 0.6) is 0 Å². The van der Waals surface area contributed by atoms with E-state index >= 15 is 0 Å². The fourth-order valence-corrected chi connectivity index (χ4v) is 3.17. The summed E-state index contributed by atoms with van der Waals surface area (Å²) in [6.07, 6.45) is 4.27. The third-order valence-electron chi connectivity index (χ3n) is 4.79. The highest BCUT2D eigenvalue weighted by Gasteiger charge is 2.43. The van der Waals surface area contributed by atoms with Gasteiger partial charge in [0.2, 0.25) is 5.91 Å². The molecular formula is C17H25N3O. The molecule has 4 heteroatoms. The first-order chi connectivity index (χ1) is 10.1. The number of benzene rings is 1. The Bertz CT molecular complexity index is 523. The smallest absolute Gasteiger partial charge is 0.240 e. The highest BCUT2D eigenvalue weighted by Crippen LogP contribution is 2.38. The van der Waals surface area contributed by atoms with E-state index in [1.807, 2.05) is 6.92 Å². The van der Waals surface area contributed by atoms with Crippen molar-refractivity contribution in [2.45, 2.75) is 38.1 Å². The first-order valence-electron chi connectivity index (χ1n) is 7.99. The summed E-state index contributed by atoms with van der Waals surface area (Å²) in [6.45, 7) is 4.64. The van der Waals surface area contributed by atoms with Crippen LogP contribution in [0.4, 0.5) is 5.69 Å². The molecule has 2 aliphatic rings. The summed E-state index contributed by atoms with van der Waals surface area (Å²) in [7, 11) is 0. The number of nitrogens with one attached hydrogen (secondary N) is 1. The van der Waals surface area contributed by atoms with Crippen LogP contribution in [0.25, 0.3) is 0 Å². The first-order valence-corrected chi connectivity index (χ1v) is 7.99. The van der Waals surface area contributed by atoms with Crippen LogP contribution in [0.15, 0.2) is 24.3 Å². The summed E-state index contributed by atoms with van der Waals surface area (Å²) in [6, 6.07) is 8.58. The van der Waals surface area contributed by atoms with Crippen molar-refractivity contribution in [2.24, 2.45) is 11.7 Å². The fraction of sp³-hybridized carbons (Fsp3) is 0.588. The lowest BCUT2D eigenvalue weighted by Crippen LogP contribution is -2.53. The maximum absolute atomic E-state index is 12.1. The van der Waals surface area contributed by atoms with E-state index in [4.69, 9.17) is 5.73 Å². The first kappa shape index (κ1) is 14.4. The molecule has 1 aromatic carbocycles. The van der Waals surface area contributed by atoms with Crippen LogP contribution in [-0.4, -0.2) is 31.1 Å². The van der Waals surface area contributed by atoms with E-state index in [9.17, 15) is 4.79 Å². The Balaban J connectivity index is 1.42. The highest BCUT2D eigenvalue weighted by molar-refractivity contribution is 5.86. The van der Waals surface area contributed by atoms with Crippen LogP contribution in [-0.2, 0) is 11.2 Å². The van der Waals surface area contributed by atoms with Gasteiger partial charge in [0.1, 0.15) is 0 Å². The minimum absolute atomic E-state index is 0.00632. The number of hydrogen-bond donors (Lipinski definition) is 2. The zero-order chi connectivity index (χ0) is 14.9. The maximum Gasteiger partial charge on any atom is 0.240 e. The summed E-state index contributed by atoms with van der Waals surface area (Å²) in [5, 5.41) is 3.00. The predicted octanol–water partition coefficient (Wildman–Crippen LogP) is 1.68. The Morgan fingerprint density at radius 1 is 1.43 bits per heavy atom. The second-order valence-corrected chi connectivity index (χ2v) is 6.53. The highest BCUT2D eigenvalue weighted by atomic mass is 16.2. The van der Waals surface area contributed by atoms with Crippen molar-refractivity contribution in [3.05, 3.63) is 29.8 Å². The van der Waals surface area contributed by atoms with Gasteiger partial charge in [-0.25, -0.2) is 0 Å². The fourth-order valence-electron chi connectivity index (χ4n) is 3.17. The monoisotopic (exact) mass is 287 g/mol. The molecule has 114 valence electrons. The van der Waals surface area contributed by atoms with Gasteiger partial charge in [-0.05, 0) is 50.2 Å². The van der Waals surface area contributed by atoms with Crippen molar-refractivity contribution in [3.63, 3.8) is 0 Å². The van der Waals surface area contributed by atoms with Crippen LogP contribution in [0.3, 0.4) is 0 Å². The van der Waals surface area contributed by atoms with E-state index in [0.29, 0.717) is 12.5 Å². The van der Waals surface area contributed by atoms with Crippen molar-refractivity contribution < 1.29 is 4.79 Å². The molecule has 0 spiro atoms. The molecule has 1 amide bonds. The Hall–Kier alpha value is -1.55. The van der Waals surface area contributed by atoms with Gasteiger partial charge in [-0.15, -0.1) is 0 Å². The largest absolute Gasteiger partial charge is 0.371 e. The average Bonchev–Trinajstić information content (AvgIpc) is 3.26. The Kier molecular flexibility index (Phi) is 3.89. The number of carbonyl (C=O) groups is 1. The molecular weight excluding hydrogens is 262 g/mol. The number of anilines is 1. The quantitative estimate of drug-likeness (QED) is 0.783. The minimum Gasteiger partial charge on any atom is -0.371 e. The summed E-state index contributed by atoms with van der Waals surface area (Å²) >= 11 is 0. The molecule has 0 bridgehead atoms. The van der Waals surface area contributed by atoms with E-state index < -0.39 is 5.54 Å². The predicted molar refractivity (Wildman–Crippen MR) is 85.3 cm³/mol. The van der Waals surface area contributed by atoms with Crippen LogP contribution in [0.2, 0.25) is 0 Å². The van der Waals surface area contributed by atoms with Gasteiger partial charge in [0, 0.05) is 25.3 Å². The van der Waals surface area contributed by atoms with Gasteiger partial charge < -0.3 is 16.0 Å². The molecule has 1 fully saturated rings. The maximum atomic E-state index is 12.1. The number of para-hydroxylation sites is 1. The van der Waals surface area contributed by atoms with Crippen LogP contribution in [0.1, 0.15) is 31.7 Å². The molecule has 1 atom stereocenters. The van der Waals surface area contributed by atoms with Crippen molar-refractivity contribution in [3.8, 4) is 0 Å². The van der Waals surface area contributed by atoms with Gasteiger partial charge in [-0.3, -0.25) is 4.79 Å². The number of rotatable bonds is 6. The molecule has 3 rings (SSSR count). The van der Waals surface area contributed by atoms with Gasteiger partial charge in [-0.2, -0.15) is 0 Å². The normalized spacial score (nSPS) is 20.0. The molecule has 1 aromatic rings. The molecule has 3 N–H and O–H groups in total. The zero-order valence-corrected chi connectivity index (χ0v) is 12.8. The van der Waals surface area contributed by atoms with E-state index in [1.165, 1.54) is 11.3 Å². The Morgan fingerprint density at radius 2 is 2.19 bits per heavy atom. The van der Waals surface area contributed by atoms with Crippen molar-refractivity contribution in [1.29, 1.82) is 0 Å². The number of nitrogens with two attached hydrogens (primary N) is 1. The van der Waals surface area contributed by atoms with Crippen molar-refractivity contribution >= 4 is 11.6 Å². The number of nitrogens with zero attached hydrogens (tertiary/aromatic N) is 1. The summed E-state index contributed by atoms with van der Waals surface area (Å²) in [5.41, 5.74) is 8.22. The Labute approximate surface area is 126 Å². The molecule has 21 heavy (non-hydrogen) atoms. The summed E-state index contributed by atoms with van der Waals surface area (Å²) in [4.78, 5) is 14.5. The minimum atomic E-state index is -0.680. The number of amides is 1. The van der Waals surface area contributed by atoms with Crippen LogP contribution in [0, 0.1) is 5.92 Å². The van der Waals surface area contributed by atoms with Crippen LogP contribution < -0.4 is 16.0 Å². The standard InChI is InChI=1S/C17H25N3O/c1-17(18,14-7-8-14)16(21)19-10-4-11-20-12-9-13-5-2-3-6-15(13)20/h2-3,5-6,14H,4,7-12,18H2,1H3,(H,19,21). The van der Waals surface area contributed by atoms with E-state index in [1.54, 1.807) is 0 Å². The second-order valence-electron chi connectivity index (χ2n) is 6.53. The number of carbonyl (C=O) groups excluding carboxylic acids is 1. The molecule has 4 nitrogen and oxygen atoms in total. The summed E-state index contributed by atoms with van der Waals surface area (Å²) in [5.74, 6) is 0.384. The molecule has 1 unspecified atom stereocenters. The van der Waals surface area contributed by atoms with Crippen LogP contribution >= 0.6 is 0 Å². The molecule has 1 heterocycles. The molecule has 1 aliphatic heterocycles. The zero-order valence-electron chi connectivity index (χ0n) is 12.8. The SMILES string of the molecule is CC(N)(C(=O)NCCCN1CCc2ccccc21)C1CC1. The third-order valence-corrected chi connectivity index (χ3v) is 4.79. The molecule has 1 aliphatic carbocycles. The van der Waals surface area contributed by atoms with Crippen molar-refractivity contribution in [2.75, 3.05) is 24.5 Å². The molecule has 0 aromatic heterocycles. The lowest BCUT2D eigenvalue weighted by Gasteiger charge is -2.24. The van der Waals surface area contributed by atoms with Gasteiger partial charge in [-0.1, -0.05) is 18.2 Å². The number of hydrogen-bond acceptors (Lipinski definition) is 3. The van der Waals surface area contributed by atoms with Gasteiger partial charge in [0.15, 0.2) is 0 Å². The topological polar surface area (TPSA) is 58.4 Å². The van der Waals surface area contributed by atoms with E-state index in [0.717, 1.165) is 38.8 Å². The average molecular weight is 287 g/mol. The molecule has 0 radical (unpaired) electrons. The number of fused-ring (bicyclic) bond motifs is 1. The van der Waals surface area contributed by atoms with Gasteiger partial charge in [0.25, 0.3) is 0 Å². The molecule has 0 saturated heterocycles. The lowest BCUT2D eigenvalue weighted by atomic mass is 9.96. The van der Waals surface area contributed by atoms with E-state index in [-0.39, 0.29) is 5.91 Å². The van der Waals surface area contributed by atoms with Gasteiger partial charge in [0.05, 0.1) is 5.54 Å². The van der Waals surface area contributed by atoms with Gasteiger partial charge >= 0.3 is 0 Å². The van der Waals surface area contributed by atoms with E-state index in [2.05, 4.69) is 34.5 Å². The second kappa shape index (κ2) is 5.68. The Morgan fingerprint density at radius 3 is 2.95 bits per heavy atom. The van der Waals surface area contributed by atoms with Crippen molar-refractivity contribution in [1.82, 2.24) is 5.32 Å². The molecule has 1 saturated carbocycles.